The summed E-state index contributed by atoms with van der Waals surface area (Å²) in [5.41, 5.74) is 1.74. The maximum absolute atomic E-state index is 6.26. The summed E-state index contributed by atoms with van der Waals surface area (Å²) in [6.07, 6.45) is 5.14. The van der Waals surface area contributed by atoms with Crippen molar-refractivity contribution in [3.63, 3.8) is 0 Å². The molecule has 0 amide bonds. The van der Waals surface area contributed by atoms with Crippen molar-refractivity contribution in [1.29, 1.82) is 0 Å². The lowest BCUT2D eigenvalue weighted by molar-refractivity contribution is -0.133. The molecule has 3 heteroatoms. The maximum atomic E-state index is 6.26. The van der Waals surface area contributed by atoms with Crippen LogP contribution in [-0.2, 0) is 4.74 Å². The number of nitrogens with one attached hydrogen (secondary N) is 1. The molecule has 2 nitrogen and oxygen atoms in total. The van der Waals surface area contributed by atoms with E-state index in [0.29, 0.717) is 17.5 Å². The van der Waals surface area contributed by atoms with Gasteiger partial charge in [-0.15, -0.1) is 0 Å². The molecule has 104 valence electrons. The molecular formula is C16H22ClNO. The van der Waals surface area contributed by atoms with Crippen LogP contribution < -0.4 is 5.32 Å². The van der Waals surface area contributed by atoms with Crippen LogP contribution in [0.25, 0.3) is 0 Å². The summed E-state index contributed by atoms with van der Waals surface area (Å²) in [5, 5.41) is 4.60. The average molecular weight is 280 g/mol. The Kier molecular flexibility index (Phi) is 3.84. The second-order valence-corrected chi connectivity index (χ2v) is 6.58. The van der Waals surface area contributed by atoms with Crippen LogP contribution in [0.2, 0.25) is 5.02 Å². The van der Waals surface area contributed by atoms with Crippen LogP contribution >= 0.6 is 11.6 Å². The molecule has 2 fully saturated rings. The molecule has 1 atom stereocenters. The van der Waals surface area contributed by atoms with Gasteiger partial charge in [0.15, 0.2) is 0 Å². The van der Waals surface area contributed by atoms with Crippen LogP contribution in [0, 0.1) is 5.41 Å². The van der Waals surface area contributed by atoms with Crippen LogP contribution in [0.5, 0.6) is 0 Å². The van der Waals surface area contributed by atoms with E-state index in [-0.39, 0.29) is 0 Å². The molecule has 1 saturated heterocycles. The van der Waals surface area contributed by atoms with Gasteiger partial charge in [-0.1, -0.05) is 29.8 Å². The quantitative estimate of drug-likeness (QED) is 0.905. The van der Waals surface area contributed by atoms with Gasteiger partial charge in [-0.2, -0.15) is 0 Å². The van der Waals surface area contributed by atoms with Crippen LogP contribution in [0.15, 0.2) is 24.3 Å². The Bertz CT molecular complexity index is 434. The van der Waals surface area contributed by atoms with Gasteiger partial charge in [-0.3, -0.25) is 0 Å². The maximum Gasteiger partial charge on any atom is 0.0544 e. The molecule has 1 N–H and O–H groups in total. The molecule has 3 rings (SSSR count). The molecule has 0 aromatic heterocycles. The largest absolute Gasteiger partial charge is 0.380 e. The van der Waals surface area contributed by atoms with Crippen molar-refractivity contribution in [2.24, 2.45) is 5.41 Å². The third kappa shape index (κ3) is 2.81. The van der Waals surface area contributed by atoms with Gasteiger partial charge in [0.25, 0.3) is 0 Å². The molecule has 1 heterocycles. The number of ether oxygens (including phenoxy) is 1. The molecular weight excluding hydrogens is 258 g/mol. The summed E-state index contributed by atoms with van der Waals surface area (Å²) in [5.74, 6) is 0. The highest BCUT2D eigenvalue weighted by molar-refractivity contribution is 6.31. The predicted octanol–water partition coefficient (Wildman–Crippen LogP) is 3.95. The SMILES string of the molecule is CC(NC1CCC2(CC1)COC2)c1ccccc1Cl. The highest BCUT2D eigenvalue weighted by atomic mass is 35.5. The number of rotatable bonds is 3. The van der Waals surface area contributed by atoms with Gasteiger partial charge in [0.1, 0.15) is 0 Å². The minimum absolute atomic E-state index is 0.324. The highest BCUT2D eigenvalue weighted by Gasteiger charge is 2.41. The van der Waals surface area contributed by atoms with Crippen LogP contribution in [0.4, 0.5) is 0 Å². The standard InChI is InChI=1S/C16H22ClNO/c1-12(14-4-2-3-5-15(14)17)18-13-6-8-16(9-7-13)10-19-11-16/h2-5,12-13,18H,6-11H2,1H3. The van der Waals surface area contributed by atoms with Crippen molar-refractivity contribution >= 4 is 11.6 Å². The van der Waals surface area contributed by atoms with Crippen LogP contribution in [-0.4, -0.2) is 19.3 Å². The summed E-state index contributed by atoms with van der Waals surface area (Å²) < 4.78 is 5.38. The van der Waals surface area contributed by atoms with Gasteiger partial charge >= 0.3 is 0 Å². The summed E-state index contributed by atoms with van der Waals surface area (Å²) in [6, 6.07) is 9.07. The minimum Gasteiger partial charge on any atom is -0.380 e. The van der Waals surface area contributed by atoms with E-state index >= 15 is 0 Å². The van der Waals surface area contributed by atoms with Crippen molar-refractivity contribution in [3.05, 3.63) is 34.9 Å². The first-order valence-corrected chi connectivity index (χ1v) is 7.65. The van der Waals surface area contributed by atoms with E-state index in [9.17, 15) is 0 Å². The second kappa shape index (κ2) is 5.43. The van der Waals surface area contributed by atoms with Gasteiger partial charge < -0.3 is 10.1 Å². The summed E-state index contributed by atoms with van der Waals surface area (Å²) in [4.78, 5) is 0. The lowest BCUT2D eigenvalue weighted by Gasteiger charge is -2.46. The molecule has 1 aliphatic carbocycles. The molecule has 1 aromatic rings. The topological polar surface area (TPSA) is 21.3 Å². The fraction of sp³-hybridized carbons (Fsp3) is 0.625. The Balaban J connectivity index is 1.56. The van der Waals surface area contributed by atoms with Crippen molar-refractivity contribution in [2.75, 3.05) is 13.2 Å². The van der Waals surface area contributed by atoms with Gasteiger partial charge in [0.05, 0.1) is 13.2 Å². The first kappa shape index (κ1) is 13.4. The van der Waals surface area contributed by atoms with E-state index in [2.05, 4.69) is 24.4 Å². The third-order valence-electron chi connectivity index (χ3n) is 4.72. The fourth-order valence-electron chi connectivity index (χ4n) is 3.35. The summed E-state index contributed by atoms with van der Waals surface area (Å²) in [7, 11) is 0. The number of hydrogen-bond acceptors (Lipinski definition) is 2. The molecule has 1 spiro atoms. The smallest absolute Gasteiger partial charge is 0.0544 e. The Morgan fingerprint density at radius 1 is 1.26 bits per heavy atom. The molecule has 1 saturated carbocycles. The first-order valence-electron chi connectivity index (χ1n) is 7.27. The lowest BCUT2D eigenvalue weighted by Crippen LogP contribution is -2.48. The van der Waals surface area contributed by atoms with E-state index in [1.54, 1.807) is 0 Å². The van der Waals surface area contributed by atoms with Crippen molar-refractivity contribution in [3.8, 4) is 0 Å². The second-order valence-electron chi connectivity index (χ2n) is 6.18. The Morgan fingerprint density at radius 3 is 2.53 bits per heavy atom. The molecule has 1 aliphatic heterocycles. The third-order valence-corrected chi connectivity index (χ3v) is 5.06. The zero-order valence-corrected chi connectivity index (χ0v) is 12.2. The Morgan fingerprint density at radius 2 is 1.95 bits per heavy atom. The van der Waals surface area contributed by atoms with Crippen LogP contribution in [0.1, 0.15) is 44.2 Å². The molecule has 1 unspecified atom stereocenters. The summed E-state index contributed by atoms with van der Waals surface area (Å²) in [6.45, 7) is 4.18. The monoisotopic (exact) mass is 279 g/mol. The van der Waals surface area contributed by atoms with Crippen molar-refractivity contribution in [1.82, 2.24) is 5.32 Å². The predicted molar refractivity (Wildman–Crippen MR) is 78.5 cm³/mol. The van der Waals surface area contributed by atoms with E-state index in [1.807, 2.05) is 12.1 Å². The normalized spacial score (nSPS) is 24.1. The van der Waals surface area contributed by atoms with E-state index in [1.165, 1.54) is 31.2 Å². The molecule has 0 radical (unpaired) electrons. The van der Waals surface area contributed by atoms with Gasteiger partial charge in [-0.25, -0.2) is 0 Å². The highest BCUT2D eigenvalue weighted by Crippen LogP contribution is 2.42. The number of benzene rings is 1. The van der Waals surface area contributed by atoms with Crippen molar-refractivity contribution < 1.29 is 4.74 Å². The lowest BCUT2D eigenvalue weighted by atomic mass is 9.71. The van der Waals surface area contributed by atoms with Gasteiger partial charge in [0, 0.05) is 22.5 Å². The average Bonchev–Trinajstić information content (AvgIpc) is 2.38. The molecule has 19 heavy (non-hydrogen) atoms. The molecule has 1 aromatic carbocycles. The van der Waals surface area contributed by atoms with E-state index < -0.39 is 0 Å². The fourth-order valence-corrected chi connectivity index (χ4v) is 3.65. The molecule has 0 bridgehead atoms. The first-order chi connectivity index (χ1) is 9.19. The van der Waals surface area contributed by atoms with Crippen molar-refractivity contribution in [2.45, 2.75) is 44.7 Å². The Labute approximate surface area is 120 Å². The minimum atomic E-state index is 0.324. The van der Waals surface area contributed by atoms with Gasteiger partial charge in [0.2, 0.25) is 0 Å². The number of halogens is 1. The van der Waals surface area contributed by atoms with Crippen LogP contribution in [0.3, 0.4) is 0 Å². The zero-order valence-electron chi connectivity index (χ0n) is 11.5. The van der Waals surface area contributed by atoms with E-state index in [0.717, 1.165) is 18.2 Å². The zero-order chi connectivity index (χ0) is 13.3. The number of hydrogen-bond donors (Lipinski definition) is 1. The van der Waals surface area contributed by atoms with Gasteiger partial charge in [-0.05, 0) is 44.2 Å². The molecule has 2 aliphatic rings. The van der Waals surface area contributed by atoms with E-state index in [4.69, 9.17) is 16.3 Å². The summed E-state index contributed by atoms with van der Waals surface area (Å²) >= 11 is 6.26. The Hall–Kier alpha value is -0.570.